The monoisotopic (exact) mass is 500 g/mol. The molecule has 35 heavy (non-hydrogen) atoms. The van der Waals surface area contributed by atoms with Gasteiger partial charge in [-0.1, -0.05) is 64.5 Å². The molecule has 2 aromatic carbocycles. The molecule has 4 nitrogen and oxygen atoms in total. The molecule has 192 valence electrons. The molecule has 0 spiro atoms. The third-order valence-electron chi connectivity index (χ3n) is 7.76. The lowest BCUT2D eigenvalue weighted by Crippen LogP contribution is -2.34. The van der Waals surface area contributed by atoms with Crippen molar-refractivity contribution in [2.45, 2.75) is 89.5 Å². The second kappa shape index (κ2) is 11.9. The Kier molecular flexibility index (Phi) is 8.87. The second-order valence-corrected chi connectivity index (χ2v) is 12.5. The first kappa shape index (κ1) is 26.2. The van der Waals surface area contributed by atoms with Crippen LogP contribution in [0.3, 0.4) is 0 Å². The fourth-order valence-electron chi connectivity index (χ4n) is 5.83. The van der Waals surface area contributed by atoms with Crippen molar-refractivity contribution < 1.29 is 12.8 Å². The van der Waals surface area contributed by atoms with Crippen LogP contribution < -0.4 is 4.72 Å². The molecule has 0 aromatic heterocycles. The van der Waals surface area contributed by atoms with Crippen molar-refractivity contribution in [2.24, 2.45) is 11.8 Å². The molecule has 2 aromatic rings. The van der Waals surface area contributed by atoms with Crippen molar-refractivity contribution in [1.82, 2.24) is 4.90 Å². The molecule has 1 unspecified atom stereocenters. The van der Waals surface area contributed by atoms with Gasteiger partial charge in [0.15, 0.2) is 0 Å². The fraction of sp³-hybridized carbons (Fsp3) is 0.586. The minimum atomic E-state index is -3.85. The van der Waals surface area contributed by atoms with Crippen LogP contribution >= 0.6 is 0 Å². The van der Waals surface area contributed by atoms with Crippen LogP contribution in [0.2, 0.25) is 0 Å². The Morgan fingerprint density at radius 3 is 2.66 bits per heavy atom. The van der Waals surface area contributed by atoms with E-state index in [-0.39, 0.29) is 10.6 Å². The van der Waals surface area contributed by atoms with Gasteiger partial charge in [0.2, 0.25) is 0 Å². The van der Waals surface area contributed by atoms with Crippen LogP contribution in [0.25, 0.3) is 0 Å². The lowest BCUT2D eigenvalue weighted by molar-refractivity contribution is 0.214. The molecule has 4 rings (SSSR count). The highest BCUT2D eigenvalue weighted by Gasteiger charge is 2.22. The van der Waals surface area contributed by atoms with Crippen LogP contribution in [0.4, 0.5) is 10.1 Å². The van der Waals surface area contributed by atoms with Crippen molar-refractivity contribution in [3.63, 3.8) is 0 Å². The average molecular weight is 501 g/mol. The molecule has 0 radical (unpaired) electrons. The number of hydrogen-bond donors (Lipinski definition) is 1. The Morgan fingerprint density at radius 1 is 1.11 bits per heavy atom. The van der Waals surface area contributed by atoms with E-state index in [0.29, 0.717) is 5.92 Å². The van der Waals surface area contributed by atoms with Crippen LogP contribution in [0, 0.1) is 17.7 Å². The maximum Gasteiger partial charge on any atom is 0.261 e. The van der Waals surface area contributed by atoms with E-state index >= 15 is 0 Å². The number of benzene rings is 2. The van der Waals surface area contributed by atoms with E-state index in [0.717, 1.165) is 55.9 Å². The van der Waals surface area contributed by atoms with Crippen molar-refractivity contribution in [2.75, 3.05) is 17.8 Å². The summed E-state index contributed by atoms with van der Waals surface area (Å²) in [7, 11) is -3.85. The minimum absolute atomic E-state index is 0.0124. The first-order valence-corrected chi connectivity index (χ1v) is 15.0. The van der Waals surface area contributed by atoms with E-state index < -0.39 is 15.8 Å². The summed E-state index contributed by atoms with van der Waals surface area (Å²) in [5.74, 6) is 0.982. The zero-order valence-corrected chi connectivity index (χ0v) is 22.2. The van der Waals surface area contributed by atoms with Gasteiger partial charge in [-0.05, 0) is 78.5 Å². The topological polar surface area (TPSA) is 49.4 Å². The minimum Gasteiger partial charge on any atom is -0.298 e. The maximum atomic E-state index is 14.8. The number of fused-ring (bicyclic) bond motifs is 1. The number of nitrogens with zero attached hydrogens (tertiary/aromatic N) is 1. The highest BCUT2D eigenvalue weighted by Crippen LogP contribution is 2.30. The van der Waals surface area contributed by atoms with Crippen molar-refractivity contribution in [3.05, 3.63) is 58.9 Å². The smallest absolute Gasteiger partial charge is 0.261 e. The fourth-order valence-corrected chi connectivity index (χ4v) is 6.95. The van der Waals surface area contributed by atoms with E-state index in [1.165, 1.54) is 56.6 Å². The van der Waals surface area contributed by atoms with Gasteiger partial charge in [-0.15, -0.1) is 0 Å². The van der Waals surface area contributed by atoms with Gasteiger partial charge in [-0.3, -0.25) is 9.62 Å². The van der Waals surface area contributed by atoms with Crippen molar-refractivity contribution in [1.29, 1.82) is 0 Å². The summed E-state index contributed by atoms with van der Waals surface area (Å²) in [6.07, 6.45) is 11.7. The summed E-state index contributed by atoms with van der Waals surface area (Å²) in [6, 6.07) is 10.2. The summed E-state index contributed by atoms with van der Waals surface area (Å²) in [5, 5.41) is 0. The summed E-state index contributed by atoms with van der Waals surface area (Å²) in [5.41, 5.74) is 3.20. The Labute approximate surface area is 211 Å². The lowest BCUT2D eigenvalue weighted by atomic mass is 9.98. The number of halogens is 1. The van der Waals surface area contributed by atoms with Gasteiger partial charge in [-0.2, -0.15) is 0 Å². The summed E-state index contributed by atoms with van der Waals surface area (Å²) in [4.78, 5) is 2.66. The maximum absolute atomic E-state index is 14.8. The molecule has 0 bridgehead atoms. The molecule has 1 atom stereocenters. The quantitative estimate of drug-likeness (QED) is 0.364. The zero-order chi connectivity index (χ0) is 24.8. The van der Waals surface area contributed by atoms with Gasteiger partial charge >= 0.3 is 0 Å². The van der Waals surface area contributed by atoms with Gasteiger partial charge in [0, 0.05) is 19.6 Å². The van der Waals surface area contributed by atoms with Gasteiger partial charge in [0.25, 0.3) is 10.0 Å². The molecule has 1 aliphatic carbocycles. The van der Waals surface area contributed by atoms with Crippen LogP contribution in [0.1, 0.15) is 81.9 Å². The predicted molar refractivity (Wildman–Crippen MR) is 142 cm³/mol. The van der Waals surface area contributed by atoms with E-state index in [1.807, 2.05) is 12.1 Å². The molecular formula is C29H41FN2O2S. The molecule has 1 heterocycles. The molecule has 1 aliphatic heterocycles. The largest absolute Gasteiger partial charge is 0.298 e. The molecule has 2 aliphatic rings. The highest BCUT2D eigenvalue weighted by molar-refractivity contribution is 7.92. The Hall–Kier alpha value is -1.92. The molecule has 0 amide bonds. The molecule has 1 fully saturated rings. The van der Waals surface area contributed by atoms with E-state index in [1.54, 1.807) is 18.2 Å². The van der Waals surface area contributed by atoms with Crippen LogP contribution in [0.5, 0.6) is 0 Å². The first-order valence-electron chi connectivity index (χ1n) is 13.5. The highest BCUT2D eigenvalue weighted by atomic mass is 32.2. The molecule has 1 N–H and O–H groups in total. The summed E-state index contributed by atoms with van der Waals surface area (Å²) in [6.45, 7) is 7.38. The van der Waals surface area contributed by atoms with E-state index in [9.17, 15) is 12.8 Å². The predicted octanol–water partition coefficient (Wildman–Crippen LogP) is 6.93. The van der Waals surface area contributed by atoms with Gasteiger partial charge in [0.1, 0.15) is 5.82 Å². The number of rotatable bonds is 11. The van der Waals surface area contributed by atoms with Crippen LogP contribution in [0.15, 0.2) is 41.3 Å². The van der Waals surface area contributed by atoms with E-state index in [2.05, 4.69) is 23.5 Å². The van der Waals surface area contributed by atoms with Gasteiger partial charge in [0.05, 0.1) is 10.6 Å². The molecule has 6 heteroatoms. The summed E-state index contributed by atoms with van der Waals surface area (Å²) >= 11 is 0. The van der Waals surface area contributed by atoms with Crippen LogP contribution in [-0.2, 0) is 29.4 Å². The SMILES string of the molecule is CCCC(C)CN1CCc2cc(S(=O)(=O)Nc3ccc(CCCC4CCCC4)cc3F)ccc2C1. The third kappa shape index (κ3) is 7.07. The zero-order valence-electron chi connectivity index (χ0n) is 21.4. The average Bonchev–Trinajstić information content (AvgIpc) is 3.34. The number of sulfonamides is 1. The number of nitrogens with one attached hydrogen (secondary N) is 1. The Morgan fingerprint density at radius 2 is 1.91 bits per heavy atom. The molecular weight excluding hydrogens is 459 g/mol. The first-order chi connectivity index (χ1) is 16.8. The van der Waals surface area contributed by atoms with Crippen molar-refractivity contribution >= 4 is 15.7 Å². The van der Waals surface area contributed by atoms with E-state index in [4.69, 9.17) is 0 Å². The van der Waals surface area contributed by atoms with Crippen LogP contribution in [-0.4, -0.2) is 26.4 Å². The normalized spacial score (nSPS) is 17.9. The number of hydrogen-bond acceptors (Lipinski definition) is 3. The lowest BCUT2D eigenvalue weighted by Gasteiger charge is -2.31. The second-order valence-electron chi connectivity index (χ2n) is 10.8. The van der Waals surface area contributed by atoms with Gasteiger partial charge < -0.3 is 0 Å². The molecule has 1 saturated carbocycles. The van der Waals surface area contributed by atoms with Gasteiger partial charge in [-0.25, -0.2) is 12.8 Å². The van der Waals surface area contributed by atoms with Crippen molar-refractivity contribution in [3.8, 4) is 0 Å². The third-order valence-corrected chi connectivity index (χ3v) is 9.12. The summed E-state index contributed by atoms with van der Waals surface area (Å²) < 4.78 is 43.3. The number of aryl methyl sites for hydroxylation is 1. The Balaban J connectivity index is 1.36. The molecule has 0 saturated heterocycles. The Bertz CT molecular complexity index is 1100. The standard InChI is InChI=1S/C29H41FN2O2S/c1-3-7-22(2)20-32-17-16-25-19-27(14-13-26(25)21-32)35(33,34)31-29-15-12-24(18-28(29)30)11-6-10-23-8-4-5-9-23/h12-15,18-19,22-23,31H,3-11,16-17,20-21H2,1-2H3. The number of anilines is 1.